The van der Waals surface area contributed by atoms with Crippen LogP contribution < -0.4 is 15.5 Å². The third kappa shape index (κ3) is 9.13. The number of hydrogen-bond donors (Lipinski definition) is 2. The molecule has 0 aromatic heterocycles. The van der Waals surface area contributed by atoms with Gasteiger partial charge in [-0.15, -0.1) is 24.0 Å². The molecule has 1 heterocycles. The maximum Gasteiger partial charge on any atom is 0.224 e. The van der Waals surface area contributed by atoms with Crippen LogP contribution in [0.3, 0.4) is 0 Å². The van der Waals surface area contributed by atoms with Gasteiger partial charge in [0.15, 0.2) is 5.96 Å². The second-order valence-electron chi connectivity index (χ2n) is 8.36. The average molecular weight is 558 g/mol. The SMILES string of the molecule is CN=C(NCCCOC1CCCCC1)NCCC(=O)N1CCN(c2ccccc2)CC1.I. The molecule has 1 saturated heterocycles. The van der Waals surface area contributed by atoms with Crippen molar-refractivity contribution in [1.82, 2.24) is 15.5 Å². The van der Waals surface area contributed by atoms with Gasteiger partial charge < -0.3 is 25.2 Å². The molecule has 0 radical (unpaired) electrons. The van der Waals surface area contributed by atoms with E-state index in [1.807, 2.05) is 11.0 Å². The Kier molecular flexibility index (Phi) is 12.8. The minimum absolute atomic E-state index is 0. The number of rotatable bonds is 9. The summed E-state index contributed by atoms with van der Waals surface area (Å²) in [5.41, 5.74) is 1.23. The van der Waals surface area contributed by atoms with Crippen molar-refractivity contribution in [3.63, 3.8) is 0 Å². The fraction of sp³-hybridized carbons (Fsp3) is 0.667. The molecule has 180 valence electrons. The highest BCUT2D eigenvalue weighted by molar-refractivity contribution is 14.0. The van der Waals surface area contributed by atoms with Crippen molar-refractivity contribution in [2.45, 2.75) is 51.0 Å². The zero-order valence-corrected chi connectivity index (χ0v) is 21.8. The fourth-order valence-electron chi connectivity index (χ4n) is 4.28. The highest BCUT2D eigenvalue weighted by Crippen LogP contribution is 2.20. The van der Waals surface area contributed by atoms with E-state index in [9.17, 15) is 4.79 Å². The lowest BCUT2D eigenvalue weighted by Crippen LogP contribution is -2.49. The van der Waals surface area contributed by atoms with Crippen LogP contribution in [0.2, 0.25) is 0 Å². The Balaban J connectivity index is 0.00000363. The number of halogens is 1. The lowest BCUT2D eigenvalue weighted by molar-refractivity contribution is -0.131. The van der Waals surface area contributed by atoms with E-state index in [1.54, 1.807) is 7.05 Å². The minimum Gasteiger partial charge on any atom is -0.378 e. The standard InChI is InChI=1S/C24H39N5O2.HI/c1-25-24(26-14-8-20-31-22-11-6-3-7-12-22)27-15-13-23(30)29-18-16-28(17-19-29)21-9-4-2-5-10-21;/h2,4-5,9-10,22H,3,6-8,11-20H2,1H3,(H2,25,26,27);1H. The Morgan fingerprint density at radius 3 is 2.41 bits per heavy atom. The summed E-state index contributed by atoms with van der Waals surface area (Å²) in [6.45, 7) is 5.54. The number of carbonyl (C=O) groups excluding carboxylic acids is 1. The molecule has 2 N–H and O–H groups in total. The Morgan fingerprint density at radius 1 is 1.03 bits per heavy atom. The highest BCUT2D eigenvalue weighted by Gasteiger charge is 2.21. The first-order chi connectivity index (χ1) is 15.3. The van der Waals surface area contributed by atoms with E-state index in [0.29, 0.717) is 19.1 Å². The maximum atomic E-state index is 12.6. The molecule has 0 unspecified atom stereocenters. The molecule has 0 spiro atoms. The number of nitrogens with zero attached hydrogens (tertiary/aromatic N) is 3. The second kappa shape index (κ2) is 15.3. The zero-order valence-electron chi connectivity index (χ0n) is 19.4. The molecule has 1 aromatic carbocycles. The van der Waals surface area contributed by atoms with Crippen LogP contribution in [-0.2, 0) is 9.53 Å². The summed E-state index contributed by atoms with van der Waals surface area (Å²) in [7, 11) is 1.76. The van der Waals surface area contributed by atoms with Crippen LogP contribution in [0.25, 0.3) is 0 Å². The number of hydrogen-bond acceptors (Lipinski definition) is 4. The van der Waals surface area contributed by atoms with E-state index in [1.165, 1.54) is 37.8 Å². The Morgan fingerprint density at radius 2 is 1.72 bits per heavy atom. The first-order valence-electron chi connectivity index (χ1n) is 11.9. The molecule has 7 nitrogen and oxygen atoms in total. The van der Waals surface area contributed by atoms with Gasteiger partial charge >= 0.3 is 0 Å². The molecular weight excluding hydrogens is 517 g/mol. The molecule has 32 heavy (non-hydrogen) atoms. The fourth-order valence-corrected chi connectivity index (χ4v) is 4.28. The van der Waals surface area contributed by atoms with Crippen LogP contribution in [0.1, 0.15) is 44.9 Å². The molecule has 1 aliphatic carbocycles. The molecule has 2 aliphatic rings. The van der Waals surface area contributed by atoms with Gasteiger partial charge in [0.1, 0.15) is 0 Å². The van der Waals surface area contributed by atoms with Gasteiger partial charge in [-0.1, -0.05) is 37.5 Å². The van der Waals surface area contributed by atoms with Crippen LogP contribution in [0.5, 0.6) is 0 Å². The number of piperazine rings is 1. The molecule has 1 saturated carbocycles. The summed E-state index contributed by atoms with van der Waals surface area (Å²) in [4.78, 5) is 21.1. The number of benzene rings is 1. The molecule has 3 rings (SSSR count). The van der Waals surface area contributed by atoms with Gasteiger partial charge in [-0.25, -0.2) is 0 Å². The van der Waals surface area contributed by atoms with Gasteiger partial charge in [-0.2, -0.15) is 0 Å². The average Bonchev–Trinajstić information content (AvgIpc) is 2.84. The van der Waals surface area contributed by atoms with E-state index >= 15 is 0 Å². The van der Waals surface area contributed by atoms with Crippen molar-refractivity contribution >= 4 is 41.5 Å². The van der Waals surface area contributed by atoms with Gasteiger partial charge in [-0.05, 0) is 31.4 Å². The lowest BCUT2D eigenvalue weighted by atomic mass is 9.98. The van der Waals surface area contributed by atoms with Crippen LogP contribution in [0, 0.1) is 0 Å². The van der Waals surface area contributed by atoms with E-state index in [0.717, 1.165) is 51.7 Å². The maximum absolute atomic E-state index is 12.6. The summed E-state index contributed by atoms with van der Waals surface area (Å²) in [6.07, 6.45) is 8.31. The van der Waals surface area contributed by atoms with Crippen LogP contribution in [0.15, 0.2) is 35.3 Å². The smallest absolute Gasteiger partial charge is 0.224 e. The topological polar surface area (TPSA) is 69.2 Å². The minimum atomic E-state index is 0. The van der Waals surface area contributed by atoms with E-state index in [4.69, 9.17) is 4.74 Å². The first-order valence-corrected chi connectivity index (χ1v) is 11.9. The number of nitrogens with one attached hydrogen (secondary N) is 2. The van der Waals surface area contributed by atoms with Crippen molar-refractivity contribution in [2.75, 3.05) is 57.8 Å². The summed E-state index contributed by atoms with van der Waals surface area (Å²) < 4.78 is 5.96. The molecular formula is C24H40IN5O2. The normalized spacial score (nSPS) is 17.6. The lowest BCUT2D eigenvalue weighted by Gasteiger charge is -2.36. The van der Waals surface area contributed by atoms with Crippen molar-refractivity contribution in [2.24, 2.45) is 4.99 Å². The number of aliphatic imine (C=N–C) groups is 1. The van der Waals surface area contributed by atoms with Gasteiger partial charge in [0.05, 0.1) is 6.10 Å². The van der Waals surface area contributed by atoms with Crippen molar-refractivity contribution in [3.8, 4) is 0 Å². The molecule has 0 atom stereocenters. The number of anilines is 1. The summed E-state index contributed by atoms with van der Waals surface area (Å²) in [5, 5.41) is 6.57. The summed E-state index contributed by atoms with van der Waals surface area (Å²) in [5.74, 6) is 0.955. The Bertz CT molecular complexity index is 674. The zero-order chi connectivity index (χ0) is 21.7. The Labute approximate surface area is 210 Å². The third-order valence-corrected chi connectivity index (χ3v) is 6.13. The predicted molar refractivity (Wildman–Crippen MR) is 142 cm³/mol. The number of guanidine groups is 1. The number of ether oxygens (including phenoxy) is 1. The molecule has 1 amide bonds. The molecule has 1 aliphatic heterocycles. The second-order valence-corrected chi connectivity index (χ2v) is 8.36. The van der Waals surface area contributed by atoms with Crippen molar-refractivity contribution in [3.05, 3.63) is 30.3 Å². The number of para-hydroxylation sites is 1. The van der Waals surface area contributed by atoms with Crippen molar-refractivity contribution in [1.29, 1.82) is 0 Å². The van der Waals surface area contributed by atoms with Crippen LogP contribution in [-0.4, -0.2) is 75.8 Å². The molecule has 8 heteroatoms. The first kappa shape index (κ1) is 26.7. The number of carbonyl (C=O) groups is 1. The number of amides is 1. The third-order valence-electron chi connectivity index (χ3n) is 6.13. The van der Waals surface area contributed by atoms with Gasteiger partial charge in [0.2, 0.25) is 5.91 Å². The van der Waals surface area contributed by atoms with Crippen LogP contribution in [0.4, 0.5) is 5.69 Å². The van der Waals surface area contributed by atoms with Gasteiger partial charge in [0.25, 0.3) is 0 Å². The van der Waals surface area contributed by atoms with E-state index in [2.05, 4.69) is 44.8 Å². The summed E-state index contributed by atoms with van der Waals surface area (Å²) >= 11 is 0. The highest BCUT2D eigenvalue weighted by atomic mass is 127. The molecule has 2 fully saturated rings. The van der Waals surface area contributed by atoms with Crippen LogP contribution >= 0.6 is 24.0 Å². The quantitative estimate of drug-likeness (QED) is 0.211. The van der Waals surface area contributed by atoms with E-state index < -0.39 is 0 Å². The Hall–Kier alpha value is -1.55. The van der Waals surface area contributed by atoms with Crippen molar-refractivity contribution < 1.29 is 9.53 Å². The van der Waals surface area contributed by atoms with Gasteiger partial charge in [0, 0.05) is 65.0 Å². The molecule has 1 aromatic rings. The predicted octanol–water partition coefficient (Wildman–Crippen LogP) is 3.25. The van der Waals surface area contributed by atoms with Gasteiger partial charge in [-0.3, -0.25) is 9.79 Å². The summed E-state index contributed by atoms with van der Waals surface area (Å²) in [6, 6.07) is 10.4. The van der Waals surface area contributed by atoms with E-state index in [-0.39, 0.29) is 29.9 Å². The largest absolute Gasteiger partial charge is 0.378 e. The monoisotopic (exact) mass is 557 g/mol. The molecule has 0 bridgehead atoms.